The first-order chi connectivity index (χ1) is 12.1. The fourth-order valence-corrected chi connectivity index (χ4v) is 3.09. The lowest BCUT2D eigenvalue weighted by atomic mass is 10.0. The Morgan fingerprint density at radius 2 is 1.84 bits per heavy atom. The summed E-state index contributed by atoms with van der Waals surface area (Å²) < 4.78 is 5.35. The van der Waals surface area contributed by atoms with Gasteiger partial charge in [0.2, 0.25) is 0 Å². The Morgan fingerprint density at radius 3 is 2.52 bits per heavy atom. The molecular weight excluding hydrogens is 359 g/mol. The first kappa shape index (κ1) is 17.7. The molecular formula is C18H18Cl2N4O. The highest BCUT2D eigenvalue weighted by Gasteiger charge is 2.14. The predicted molar refractivity (Wildman–Crippen MR) is 102 cm³/mol. The second-order valence-electron chi connectivity index (χ2n) is 5.59. The Kier molecular flexibility index (Phi) is 5.56. The molecule has 0 spiro atoms. The van der Waals surface area contributed by atoms with E-state index < -0.39 is 0 Å². The van der Waals surface area contributed by atoms with Crippen LogP contribution in [-0.4, -0.2) is 28.8 Å². The summed E-state index contributed by atoms with van der Waals surface area (Å²) in [6, 6.07) is 5.85. The highest BCUT2D eigenvalue weighted by molar-refractivity contribution is 6.35. The number of ether oxygens (including phenoxy) is 1. The van der Waals surface area contributed by atoms with E-state index in [1.807, 2.05) is 18.2 Å². The molecule has 0 amide bonds. The highest BCUT2D eigenvalue weighted by atomic mass is 35.5. The molecule has 0 saturated heterocycles. The van der Waals surface area contributed by atoms with E-state index in [1.54, 1.807) is 19.5 Å². The van der Waals surface area contributed by atoms with Crippen LogP contribution >= 0.6 is 23.2 Å². The van der Waals surface area contributed by atoms with Gasteiger partial charge in [0.15, 0.2) is 5.82 Å². The van der Waals surface area contributed by atoms with Gasteiger partial charge in [-0.2, -0.15) is 5.10 Å². The lowest BCUT2D eigenvalue weighted by molar-refractivity contribution is 0.415. The minimum atomic E-state index is 0.476. The zero-order chi connectivity index (χ0) is 17.8. The van der Waals surface area contributed by atoms with Gasteiger partial charge in [0.05, 0.1) is 22.8 Å². The Morgan fingerprint density at radius 1 is 1.08 bits per heavy atom. The molecule has 0 aliphatic carbocycles. The maximum Gasteiger partial charge on any atom is 0.156 e. The van der Waals surface area contributed by atoms with Gasteiger partial charge in [0, 0.05) is 36.1 Å². The summed E-state index contributed by atoms with van der Waals surface area (Å²) in [7, 11) is 1.65. The van der Waals surface area contributed by atoms with Crippen LogP contribution in [0.1, 0.15) is 24.6 Å². The van der Waals surface area contributed by atoms with Crippen molar-refractivity contribution in [1.29, 1.82) is 0 Å². The molecule has 3 aromatic rings. The molecule has 0 radical (unpaired) electrons. The molecule has 7 heteroatoms. The number of anilines is 1. The van der Waals surface area contributed by atoms with E-state index in [4.69, 9.17) is 27.9 Å². The number of methoxy groups -OCH3 is 1. The second-order valence-corrected chi connectivity index (χ2v) is 6.41. The molecule has 3 rings (SSSR count). The monoisotopic (exact) mass is 376 g/mol. The van der Waals surface area contributed by atoms with E-state index in [1.165, 1.54) is 0 Å². The van der Waals surface area contributed by atoms with E-state index >= 15 is 0 Å². The van der Waals surface area contributed by atoms with Crippen molar-refractivity contribution in [3.05, 3.63) is 51.9 Å². The van der Waals surface area contributed by atoms with Crippen LogP contribution in [0.15, 0.2) is 30.6 Å². The average Bonchev–Trinajstić information content (AvgIpc) is 2.63. The Labute approximate surface area is 156 Å². The number of pyridine rings is 1. The van der Waals surface area contributed by atoms with Crippen LogP contribution in [0.25, 0.3) is 10.8 Å². The van der Waals surface area contributed by atoms with Crippen LogP contribution in [0, 0.1) is 0 Å². The topological polar surface area (TPSA) is 59.9 Å². The maximum absolute atomic E-state index is 6.25. The van der Waals surface area contributed by atoms with Gasteiger partial charge in [-0.1, -0.05) is 30.1 Å². The molecule has 0 saturated carbocycles. The summed E-state index contributed by atoms with van der Waals surface area (Å²) in [6.07, 6.45) is 4.64. The predicted octanol–water partition coefficient (Wildman–Crippen LogP) is 4.75. The number of hydrogen-bond acceptors (Lipinski definition) is 5. The normalized spacial score (nSPS) is 10.9. The zero-order valence-corrected chi connectivity index (χ0v) is 15.5. The number of fused-ring (bicyclic) bond motifs is 1. The number of nitrogens with one attached hydrogen (secondary N) is 1. The molecule has 0 fully saturated rings. The van der Waals surface area contributed by atoms with Crippen molar-refractivity contribution < 1.29 is 4.74 Å². The van der Waals surface area contributed by atoms with Gasteiger partial charge < -0.3 is 10.1 Å². The van der Waals surface area contributed by atoms with Crippen molar-refractivity contribution in [2.45, 2.75) is 19.8 Å². The number of aromatic nitrogens is 3. The maximum atomic E-state index is 6.25. The van der Waals surface area contributed by atoms with Crippen LogP contribution < -0.4 is 10.1 Å². The summed E-state index contributed by atoms with van der Waals surface area (Å²) in [4.78, 5) is 3.99. The zero-order valence-electron chi connectivity index (χ0n) is 14.0. The molecule has 2 heterocycles. The second kappa shape index (κ2) is 7.85. The molecule has 2 aromatic heterocycles. The van der Waals surface area contributed by atoms with Crippen molar-refractivity contribution in [2.75, 3.05) is 19.0 Å². The van der Waals surface area contributed by atoms with Gasteiger partial charge in [-0.3, -0.25) is 4.98 Å². The van der Waals surface area contributed by atoms with E-state index in [-0.39, 0.29) is 0 Å². The number of benzene rings is 1. The van der Waals surface area contributed by atoms with Crippen LogP contribution in [0.4, 0.5) is 5.82 Å². The quantitative estimate of drug-likeness (QED) is 0.672. The molecule has 1 aromatic carbocycles. The molecule has 1 N–H and O–H groups in total. The highest BCUT2D eigenvalue weighted by Crippen LogP contribution is 2.31. The van der Waals surface area contributed by atoms with Crippen LogP contribution in [0.3, 0.4) is 0 Å². The largest absolute Gasteiger partial charge is 0.497 e. The van der Waals surface area contributed by atoms with E-state index in [2.05, 4.69) is 27.4 Å². The van der Waals surface area contributed by atoms with Crippen LogP contribution in [-0.2, 0) is 6.42 Å². The Balaban J connectivity index is 2.10. The van der Waals surface area contributed by atoms with Crippen molar-refractivity contribution in [2.24, 2.45) is 0 Å². The smallest absolute Gasteiger partial charge is 0.156 e. The molecule has 25 heavy (non-hydrogen) atoms. The Hall–Kier alpha value is -2.11. The lowest BCUT2D eigenvalue weighted by Crippen LogP contribution is -2.06. The number of nitrogens with zero attached hydrogens (tertiary/aromatic N) is 3. The van der Waals surface area contributed by atoms with Crippen LogP contribution in [0.2, 0.25) is 10.0 Å². The van der Waals surface area contributed by atoms with Crippen molar-refractivity contribution in [1.82, 2.24) is 15.2 Å². The lowest BCUT2D eigenvalue weighted by Gasteiger charge is -2.13. The first-order valence-corrected chi connectivity index (χ1v) is 8.74. The SMILES string of the molecule is CCCNc1nnc(Cc2c(Cl)cncc2Cl)c2ccc(OC)cc12. The standard InChI is InChI=1S/C18H18Cl2N4O/c1-3-6-22-18-13-7-11(25-2)4-5-12(13)17(23-24-18)8-14-15(19)9-21-10-16(14)20/h4-5,7,9-10H,3,6,8H2,1-2H3,(H,22,24). The fourth-order valence-electron chi connectivity index (χ4n) is 2.59. The molecule has 130 valence electrons. The summed E-state index contributed by atoms with van der Waals surface area (Å²) in [5.74, 6) is 1.51. The minimum absolute atomic E-state index is 0.476. The third kappa shape index (κ3) is 3.78. The van der Waals surface area contributed by atoms with Gasteiger partial charge in [-0.25, -0.2) is 0 Å². The van der Waals surface area contributed by atoms with Gasteiger partial charge in [0.1, 0.15) is 5.75 Å². The van der Waals surface area contributed by atoms with Crippen molar-refractivity contribution in [3.8, 4) is 5.75 Å². The average molecular weight is 377 g/mol. The molecule has 0 unspecified atom stereocenters. The van der Waals surface area contributed by atoms with Gasteiger partial charge >= 0.3 is 0 Å². The molecule has 5 nitrogen and oxygen atoms in total. The number of halogens is 2. The fraction of sp³-hybridized carbons (Fsp3) is 0.278. The number of hydrogen-bond donors (Lipinski definition) is 1. The third-order valence-corrected chi connectivity index (χ3v) is 4.55. The molecule has 0 atom stereocenters. The van der Waals surface area contributed by atoms with E-state index in [0.717, 1.165) is 46.6 Å². The molecule has 0 aliphatic rings. The summed E-state index contributed by atoms with van der Waals surface area (Å²) >= 11 is 12.5. The van der Waals surface area contributed by atoms with Crippen molar-refractivity contribution in [3.63, 3.8) is 0 Å². The Bertz CT molecular complexity index is 881. The van der Waals surface area contributed by atoms with E-state index in [0.29, 0.717) is 16.5 Å². The summed E-state index contributed by atoms with van der Waals surface area (Å²) in [5.41, 5.74) is 1.59. The molecule has 0 aliphatic heterocycles. The number of rotatable bonds is 6. The summed E-state index contributed by atoms with van der Waals surface area (Å²) in [6.45, 7) is 2.92. The van der Waals surface area contributed by atoms with Gasteiger partial charge in [-0.05, 0) is 30.2 Å². The van der Waals surface area contributed by atoms with Gasteiger partial charge in [0.25, 0.3) is 0 Å². The van der Waals surface area contributed by atoms with Gasteiger partial charge in [-0.15, -0.1) is 5.10 Å². The third-order valence-electron chi connectivity index (χ3n) is 3.90. The minimum Gasteiger partial charge on any atom is -0.497 e. The van der Waals surface area contributed by atoms with E-state index in [9.17, 15) is 0 Å². The first-order valence-electron chi connectivity index (χ1n) is 7.99. The van der Waals surface area contributed by atoms with Crippen molar-refractivity contribution >= 4 is 39.8 Å². The summed E-state index contributed by atoms with van der Waals surface area (Å²) in [5, 5.41) is 15.0. The molecule has 0 bridgehead atoms. The van der Waals surface area contributed by atoms with Crippen LogP contribution in [0.5, 0.6) is 5.75 Å².